The summed E-state index contributed by atoms with van der Waals surface area (Å²) < 4.78 is 2.59. The molecular formula is C25H22NSi. The van der Waals surface area contributed by atoms with Gasteiger partial charge in [-0.25, -0.2) is 0 Å². The number of para-hydroxylation sites is 1. The lowest BCUT2D eigenvalue weighted by Crippen LogP contribution is -2.56. The van der Waals surface area contributed by atoms with E-state index < -0.39 is 8.96 Å². The Balaban J connectivity index is 1.83. The van der Waals surface area contributed by atoms with Crippen LogP contribution in [0, 0.1) is 0 Å². The van der Waals surface area contributed by atoms with Gasteiger partial charge < -0.3 is 4.57 Å². The molecule has 2 heteroatoms. The quantitative estimate of drug-likeness (QED) is 0.455. The summed E-state index contributed by atoms with van der Waals surface area (Å²) in [6.45, 7) is 0.892. The van der Waals surface area contributed by atoms with Gasteiger partial charge in [-0.2, -0.15) is 0 Å². The highest BCUT2D eigenvalue weighted by Crippen LogP contribution is 2.19. The monoisotopic (exact) mass is 364 g/mol. The molecule has 0 amide bonds. The first kappa shape index (κ1) is 17.3. The lowest BCUT2D eigenvalue weighted by atomic mass is 10.2. The van der Waals surface area contributed by atoms with Gasteiger partial charge in [0, 0.05) is 12.2 Å². The van der Waals surface area contributed by atoms with Crippen molar-refractivity contribution in [1.29, 1.82) is 0 Å². The van der Waals surface area contributed by atoms with Crippen molar-refractivity contribution < 1.29 is 0 Å². The van der Waals surface area contributed by atoms with Crippen molar-refractivity contribution in [2.75, 3.05) is 4.57 Å². The van der Waals surface area contributed by atoms with E-state index in [-0.39, 0.29) is 0 Å². The fourth-order valence-electron chi connectivity index (χ4n) is 3.34. The second-order valence-corrected chi connectivity index (χ2v) is 8.88. The Morgan fingerprint density at radius 3 is 1.37 bits per heavy atom. The Morgan fingerprint density at radius 1 is 0.481 bits per heavy atom. The van der Waals surface area contributed by atoms with Gasteiger partial charge in [0.2, 0.25) is 8.96 Å². The van der Waals surface area contributed by atoms with Gasteiger partial charge in [-0.15, -0.1) is 0 Å². The highest BCUT2D eigenvalue weighted by molar-refractivity contribution is 6.88. The van der Waals surface area contributed by atoms with Crippen molar-refractivity contribution >= 4 is 25.0 Å². The summed E-state index contributed by atoms with van der Waals surface area (Å²) in [6, 6.07) is 43.4. The summed E-state index contributed by atoms with van der Waals surface area (Å²) >= 11 is 0. The third-order valence-corrected chi connectivity index (χ3v) is 7.33. The molecule has 0 fully saturated rings. The maximum absolute atomic E-state index is 2.59. The first-order valence-corrected chi connectivity index (χ1v) is 10.7. The van der Waals surface area contributed by atoms with Crippen LogP contribution in [-0.4, -0.2) is 8.96 Å². The summed E-state index contributed by atoms with van der Waals surface area (Å²) in [4.78, 5) is 0. The fourth-order valence-corrected chi connectivity index (χ4v) is 6.06. The van der Waals surface area contributed by atoms with Crippen LogP contribution in [0.2, 0.25) is 0 Å². The molecule has 0 heterocycles. The number of benzene rings is 4. The van der Waals surface area contributed by atoms with E-state index in [2.05, 4.69) is 126 Å². The zero-order valence-corrected chi connectivity index (χ0v) is 16.2. The Kier molecular flexibility index (Phi) is 5.46. The molecule has 0 aromatic heterocycles. The molecule has 0 unspecified atom stereocenters. The van der Waals surface area contributed by atoms with Crippen LogP contribution in [0.5, 0.6) is 0 Å². The van der Waals surface area contributed by atoms with E-state index in [0.29, 0.717) is 0 Å². The van der Waals surface area contributed by atoms with Crippen LogP contribution in [0.3, 0.4) is 0 Å². The molecule has 0 bridgehead atoms. The van der Waals surface area contributed by atoms with Crippen LogP contribution < -0.4 is 14.9 Å². The largest absolute Gasteiger partial charge is 0.386 e. The van der Waals surface area contributed by atoms with Crippen LogP contribution in [0.15, 0.2) is 121 Å². The second-order valence-electron chi connectivity index (χ2n) is 6.49. The molecule has 0 saturated heterocycles. The Morgan fingerprint density at radius 2 is 0.889 bits per heavy atom. The van der Waals surface area contributed by atoms with E-state index in [4.69, 9.17) is 0 Å². The third-order valence-electron chi connectivity index (χ3n) is 4.62. The van der Waals surface area contributed by atoms with Crippen LogP contribution in [0.1, 0.15) is 5.56 Å². The Labute approximate surface area is 163 Å². The lowest BCUT2D eigenvalue weighted by molar-refractivity contribution is 1.03. The average molecular weight is 365 g/mol. The highest BCUT2D eigenvalue weighted by Gasteiger charge is 2.26. The predicted molar refractivity (Wildman–Crippen MR) is 117 cm³/mol. The minimum atomic E-state index is -1.15. The molecule has 131 valence electrons. The summed E-state index contributed by atoms with van der Waals surface area (Å²) in [5.41, 5.74) is 2.60. The topological polar surface area (TPSA) is 3.24 Å². The standard InChI is InChI=1S/C25H22NSi/c1-5-13-22(14-6-1)21-26(23-15-7-2-8-16-23)27(24-17-9-3-10-18-24)25-19-11-4-12-20-25/h1-20H,21H2. The van der Waals surface area contributed by atoms with Crippen molar-refractivity contribution in [2.45, 2.75) is 6.54 Å². The summed E-state index contributed by atoms with van der Waals surface area (Å²) in [5, 5.41) is 2.79. The van der Waals surface area contributed by atoms with Crippen LogP contribution in [-0.2, 0) is 6.54 Å². The minimum absolute atomic E-state index is 0.892. The number of hydrogen-bond acceptors (Lipinski definition) is 1. The van der Waals surface area contributed by atoms with E-state index in [1.807, 2.05) is 0 Å². The molecular weight excluding hydrogens is 342 g/mol. The van der Waals surface area contributed by atoms with Crippen molar-refractivity contribution in [1.82, 2.24) is 0 Å². The van der Waals surface area contributed by atoms with Crippen LogP contribution in [0.4, 0.5) is 5.69 Å². The molecule has 0 aliphatic heterocycles. The zero-order valence-electron chi connectivity index (χ0n) is 15.2. The van der Waals surface area contributed by atoms with E-state index in [0.717, 1.165) is 6.54 Å². The average Bonchev–Trinajstić information content (AvgIpc) is 2.76. The maximum atomic E-state index is 2.59. The van der Waals surface area contributed by atoms with E-state index in [9.17, 15) is 0 Å². The Bertz CT molecular complexity index is 901. The molecule has 0 aliphatic carbocycles. The molecule has 1 radical (unpaired) electrons. The highest BCUT2D eigenvalue weighted by atomic mass is 28.3. The molecule has 4 rings (SSSR count). The third kappa shape index (κ3) is 4.18. The zero-order chi connectivity index (χ0) is 18.3. The normalized spacial score (nSPS) is 10.7. The molecule has 27 heavy (non-hydrogen) atoms. The molecule has 0 saturated carbocycles. The molecule has 4 aromatic carbocycles. The number of anilines is 1. The number of rotatable bonds is 6. The van der Waals surface area contributed by atoms with Crippen molar-refractivity contribution in [3.8, 4) is 0 Å². The second kappa shape index (κ2) is 8.52. The number of hydrogen-bond donors (Lipinski definition) is 0. The SMILES string of the molecule is c1ccc(CN(c2ccccc2)[Si](c2ccccc2)c2ccccc2)cc1. The molecule has 0 aliphatic rings. The van der Waals surface area contributed by atoms with Gasteiger partial charge in [0.15, 0.2) is 0 Å². The van der Waals surface area contributed by atoms with Gasteiger partial charge in [0.25, 0.3) is 0 Å². The molecule has 0 N–H and O–H groups in total. The maximum Gasteiger partial charge on any atom is 0.242 e. The van der Waals surface area contributed by atoms with Crippen molar-refractivity contribution in [2.24, 2.45) is 0 Å². The van der Waals surface area contributed by atoms with Gasteiger partial charge in [-0.05, 0) is 28.1 Å². The number of nitrogens with zero attached hydrogens (tertiary/aromatic N) is 1. The van der Waals surface area contributed by atoms with Crippen molar-refractivity contribution in [3.63, 3.8) is 0 Å². The first-order valence-electron chi connectivity index (χ1n) is 9.26. The van der Waals surface area contributed by atoms with Gasteiger partial charge in [0.1, 0.15) is 0 Å². The molecule has 0 spiro atoms. The summed E-state index contributed by atoms with van der Waals surface area (Å²) in [7, 11) is -1.15. The van der Waals surface area contributed by atoms with E-state index >= 15 is 0 Å². The van der Waals surface area contributed by atoms with Gasteiger partial charge >= 0.3 is 0 Å². The van der Waals surface area contributed by atoms with Crippen LogP contribution >= 0.6 is 0 Å². The Hall–Kier alpha value is -3.10. The molecule has 4 aromatic rings. The molecule has 1 nitrogen and oxygen atoms in total. The van der Waals surface area contributed by atoms with Gasteiger partial charge in [-0.1, -0.05) is 109 Å². The van der Waals surface area contributed by atoms with E-state index in [1.165, 1.54) is 21.6 Å². The fraction of sp³-hybridized carbons (Fsp3) is 0.0400. The van der Waals surface area contributed by atoms with Gasteiger partial charge in [0.05, 0.1) is 0 Å². The van der Waals surface area contributed by atoms with Crippen LogP contribution in [0.25, 0.3) is 0 Å². The first-order chi connectivity index (χ1) is 13.4. The molecule has 0 atom stereocenters. The summed E-state index contributed by atoms with van der Waals surface area (Å²) in [5.74, 6) is 0. The predicted octanol–water partition coefficient (Wildman–Crippen LogP) is 4.50. The van der Waals surface area contributed by atoms with Crippen molar-refractivity contribution in [3.05, 3.63) is 127 Å². The van der Waals surface area contributed by atoms with E-state index in [1.54, 1.807) is 0 Å². The smallest absolute Gasteiger partial charge is 0.242 e. The lowest BCUT2D eigenvalue weighted by Gasteiger charge is -2.33. The van der Waals surface area contributed by atoms with Gasteiger partial charge in [-0.3, -0.25) is 0 Å². The summed E-state index contributed by atoms with van der Waals surface area (Å²) in [6.07, 6.45) is 0. The minimum Gasteiger partial charge on any atom is -0.386 e.